The Morgan fingerprint density at radius 3 is 2.85 bits per heavy atom. The number of thiophene rings is 1. The van der Waals surface area contributed by atoms with E-state index >= 15 is 0 Å². The van der Waals surface area contributed by atoms with E-state index in [1.54, 1.807) is 11.4 Å². The molecule has 0 bridgehead atoms. The Bertz CT molecular complexity index is 988. The van der Waals surface area contributed by atoms with Crippen molar-refractivity contribution in [2.24, 2.45) is 5.73 Å². The summed E-state index contributed by atoms with van der Waals surface area (Å²) in [5.41, 5.74) is 7.37. The second-order valence-electron chi connectivity index (χ2n) is 5.33. The predicted molar refractivity (Wildman–Crippen MR) is 112 cm³/mol. The van der Waals surface area contributed by atoms with E-state index in [0.717, 1.165) is 11.3 Å². The Kier molecular flexibility index (Phi) is 6.32. The van der Waals surface area contributed by atoms with Crippen LogP contribution in [0.5, 0.6) is 0 Å². The molecule has 0 saturated heterocycles. The summed E-state index contributed by atoms with van der Waals surface area (Å²) in [6, 6.07) is 7.21. The number of hydrogen-bond donors (Lipinski definition) is 3. The first kappa shape index (κ1) is 19.6. The number of primary amides is 1. The quantitative estimate of drug-likeness (QED) is 0.477. The molecule has 2 amide bonds. The molecule has 11 heteroatoms. The molecular formula is C16H14ClN5O2S3. The number of benzene rings is 1. The molecule has 1 aromatic carbocycles. The van der Waals surface area contributed by atoms with E-state index in [-0.39, 0.29) is 11.7 Å². The number of halogens is 1. The fraction of sp³-hybridized carbons (Fsp3) is 0.125. The lowest BCUT2D eigenvalue weighted by Gasteiger charge is -2.04. The summed E-state index contributed by atoms with van der Waals surface area (Å²) in [5, 5.41) is 17.3. The third-order valence-electron chi connectivity index (χ3n) is 3.34. The molecule has 0 radical (unpaired) electrons. The Labute approximate surface area is 172 Å². The number of carbonyl (C=O) groups excluding carboxylic acids is 2. The van der Waals surface area contributed by atoms with Gasteiger partial charge in [-0.15, -0.1) is 21.5 Å². The number of carbonyl (C=O) groups is 2. The van der Waals surface area contributed by atoms with Gasteiger partial charge >= 0.3 is 0 Å². The summed E-state index contributed by atoms with van der Waals surface area (Å²) in [6.45, 7) is 1.93. The Morgan fingerprint density at radius 2 is 2.11 bits per heavy atom. The van der Waals surface area contributed by atoms with Crippen molar-refractivity contribution in [1.29, 1.82) is 0 Å². The van der Waals surface area contributed by atoms with E-state index in [1.165, 1.54) is 34.4 Å². The molecule has 3 rings (SSSR count). The fourth-order valence-corrected chi connectivity index (χ4v) is 4.56. The highest BCUT2D eigenvalue weighted by atomic mass is 35.5. The lowest BCUT2D eigenvalue weighted by Crippen LogP contribution is -2.17. The highest BCUT2D eigenvalue weighted by Gasteiger charge is 2.14. The average molecular weight is 440 g/mol. The van der Waals surface area contributed by atoms with Crippen LogP contribution in [0.3, 0.4) is 0 Å². The largest absolute Gasteiger partial charge is 0.366 e. The second-order valence-corrected chi connectivity index (χ2v) is 8.85. The average Bonchev–Trinajstić information content (AvgIpc) is 3.26. The first-order valence-corrected chi connectivity index (χ1v) is 10.6. The summed E-state index contributed by atoms with van der Waals surface area (Å²) in [6.07, 6.45) is 0. The fourth-order valence-electron chi connectivity index (χ4n) is 2.00. The molecule has 0 fully saturated rings. The molecule has 3 aromatic rings. The normalized spacial score (nSPS) is 10.6. The van der Waals surface area contributed by atoms with Crippen molar-refractivity contribution in [1.82, 2.24) is 10.2 Å². The van der Waals surface area contributed by atoms with Gasteiger partial charge in [0.05, 0.1) is 11.3 Å². The molecule has 2 heterocycles. The van der Waals surface area contributed by atoms with Gasteiger partial charge in [0, 0.05) is 10.7 Å². The number of amides is 2. The molecule has 0 atom stereocenters. The number of nitrogens with two attached hydrogens (primary N) is 1. The summed E-state index contributed by atoms with van der Waals surface area (Å²) in [5.74, 6) is -0.684. The maximum atomic E-state index is 12.1. The van der Waals surface area contributed by atoms with Gasteiger partial charge in [-0.1, -0.05) is 40.8 Å². The van der Waals surface area contributed by atoms with E-state index in [4.69, 9.17) is 17.3 Å². The number of thioether (sulfide) groups is 1. The van der Waals surface area contributed by atoms with Crippen molar-refractivity contribution < 1.29 is 9.59 Å². The van der Waals surface area contributed by atoms with Gasteiger partial charge in [0.2, 0.25) is 11.0 Å². The van der Waals surface area contributed by atoms with Crippen LogP contribution in [0.15, 0.2) is 34.0 Å². The molecule has 7 nitrogen and oxygen atoms in total. The number of nitrogens with one attached hydrogen (secondary N) is 2. The molecule has 0 aliphatic carbocycles. The minimum Gasteiger partial charge on any atom is -0.366 e. The lowest BCUT2D eigenvalue weighted by molar-refractivity contribution is -0.113. The van der Waals surface area contributed by atoms with Gasteiger partial charge in [0.25, 0.3) is 5.91 Å². The van der Waals surface area contributed by atoms with Gasteiger partial charge in [-0.2, -0.15) is 0 Å². The van der Waals surface area contributed by atoms with Crippen LogP contribution in [0.2, 0.25) is 5.02 Å². The van der Waals surface area contributed by atoms with Gasteiger partial charge in [0.15, 0.2) is 4.34 Å². The van der Waals surface area contributed by atoms with Gasteiger partial charge in [0.1, 0.15) is 5.00 Å². The van der Waals surface area contributed by atoms with E-state index in [0.29, 0.717) is 25.1 Å². The molecule has 0 aliphatic heterocycles. The van der Waals surface area contributed by atoms with E-state index in [2.05, 4.69) is 20.8 Å². The van der Waals surface area contributed by atoms with Crippen LogP contribution in [-0.2, 0) is 4.79 Å². The zero-order valence-electron chi connectivity index (χ0n) is 14.0. The van der Waals surface area contributed by atoms with Crippen LogP contribution in [0.1, 0.15) is 15.9 Å². The number of aromatic nitrogens is 2. The van der Waals surface area contributed by atoms with Crippen molar-refractivity contribution in [2.45, 2.75) is 11.3 Å². The Balaban J connectivity index is 1.54. The molecule has 0 spiro atoms. The van der Waals surface area contributed by atoms with E-state index in [9.17, 15) is 9.59 Å². The second kappa shape index (κ2) is 8.70. The van der Waals surface area contributed by atoms with Gasteiger partial charge in [-0.05, 0) is 36.1 Å². The zero-order valence-corrected chi connectivity index (χ0v) is 17.2. The summed E-state index contributed by atoms with van der Waals surface area (Å²) < 4.78 is 0.646. The molecule has 0 aliphatic rings. The van der Waals surface area contributed by atoms with Crippen molar-refractivity contribution in [3.63, 3.8) is 0 Å². The highest BCUT2D eigenvalue weighted by Crippen LogP contribution is 2.29. The van der Waals surface area contributed by atoms with Crippen molar-refractivity contribution in [3.05, 3.63) is 45.8 Å². The Morgan fingerprint density at radius 1 is 1.30 bits per heavy atom. The van der Waals surface area contributed by atoms with Crippen LogP contribution in [0.4, 0.5) is 15.8 Å². The van der Waals surface area contributed by atoms with Crippen molar-refractivity contribution in [3.8, 4) is 0 Å². The predicted octanol–water partition coefficient (Wildman–Crippen LogP) is 4.13. The monoisotopic (exact) mass is 439 g/mol. The Hall–Kier alpha value is -2.14. The zero-order chi connectivity index (χ0) is 19.4. The van der Waals surface area contributed by atoms with Crippen LogP contribution >= 0.6 is 46.0 Å². The van der Waals surface area contributed by atoms with Crippen LogP contribution in [0.25, 0.3) is 0 Å². The SMILES string of the molecule is Cc1ccc(Nc2nnc(SCC(=O)Nc3sccc3C(N)=O)s2)cc1Cl. The standard InChI is InChI=1S/C16H14ClN5O2S3/c1-8-2-3-9(6-11(8)17)19-15-21-22-16(27-15)26-7-12(23)20-14-10(13(18)24)4-5-25-14/h2-6H,7H2,1H3,(H2,18,24)(H,19,21)(H,20,23). The first-order valence-electron chi connectivity index (χ1n) is 7.59. The third-order valence-corrected chi connectivity index (χ3v) is 6.55. The van der Waals surface area contributed by atoms with E-state index in [1.807, 2.05) is 25.1 Å². The van der Waals surface area contributed by atoms with Crippen LogP contribution < -0.4 is 16.4 Å². The maximum Gasteiger partial charge on any atom is 0.251 e. The molecular weight excluding hydrogens is 426 g/mol. The third kappa shape index (κ3) is 5.19. The first-order chi connectivity index (χ1) is 12.9. The number of anilines is 3. The molecule has 0 unspecified atom stereocenters. The lowest BCUT2D eigenvalue weighted by atomic mass is 10.2. The van der Waals surface area contributed by atoms with Crippen molar-refractivity contribution >= 4 is 73.7 Å². The van der Waals surface area contributed by atoms with Gasteiger partial charge in [-0.25, -0.2) is 0 Å². The minimum absolute atomic E-state index is 0.140. The van der Waals surface area contributed by atoms with Gasteiger partial charge < -0.3 is 16.4 Å². The number of rotatable bonds is 7. The summed E-state index contributed by atoms with van der Waals surface area (Å²) in [7, 11) is 0. The van der Waals surface area contributed by atoms with Crippen LogP contribution in [0, 0.1) is 6.92 Å². The molecule has 4 N–H and O–H groups in total. The topological polar surface area (TPSA) is 110 Å². The summed E-state index contributed by atoms with van der Waals surface area (Å²) >= 11 is 9.94. The smallest absolute Gasteiger partial charge is 0.251 e. The highest BCUT2D eigenvalue weighted by molar-refractivity contribution is 8.01. The molecule has 140 valence electrons. The maximum absolute atomic E-state index is 12.1. The van der Waals surface area contributed by atoms with Crippen LogP contribution in [-0.4, -0.2) is 27.8 Å². The molecule has 0 saturated carbocycles. The number of nitrogens with zero attached hydrogens (tertiary/aromatic N) is 2. The molecule has 2 aromatic heterocycles. The molecule has 27 heavy (non-hydrogen) atoms. The van der Waals surface area contributed by atoms with Gasteiger partial charge in [-0.3, -0.25) is 9.59 Å². The number of hydrogen-bond acceptors (Lipinski definition) is 8. The van der Waals surface area contributed by atoms with E-state index < -0.39 is 5.91 Å². The summed E-state index contributed by atoms with van der Waals surface area (Å²) in [4.78, 5) is 23.4. The number of aryl methyl sites for hydroxylation is 1. The minimum atomic E-state index is -0.574. The van der Waals surface area contributed by atoms with Crippen molar-refractivity contribution in [2.75, 3.05) is 16.4 Å².